The van der Waals surface area contributed by atoms with Crippen molar-refractivity contribution in [1.29, 1.82) is 0 Å². The van der Waals surface area contributed by atoms with Gasteiger partial charge in [0.25, 0.3) is 5.69 Å². The minimum atomic E-state index is -4.68. The Kier molecular flexibility index (Phi) is 5.90. The van der Waals surface area contributed by atoms with E-state index in [4.69, 9.17) is 4.74 Å². The molecule has 0 fully saturated rings. The summed E-state index contributed by atoms with van der Waals surface area (Å²) >= 11 is 0. The van der Waals surface area contributed by atoms with E-state index in [0.29, 0.717) is 17.4 Å². The predicted octanol–water partition coefficient (Wildman–Crippen LogP) is 5.70. The zero-order valence-electron chi connectivity index (χ0n) is 18.2. The zero-order valence-corrected chi connectivity index (χ0v) is 18.2. The number of nitrogens with zero attached hydrogens (tertiary/aromatic N) is 3. The van der Waals surface area contributed by atoms with Gasteiger partial charge in [-0.15, -0.1) is 0 Å². The molecule has 10 heteroatoms. The van der Waals surface area contributed by atoms with Gasteiger partial charge >= 0.3 is 6.18 Å². The van der Waals surface area contributed by atoms with Gasteiger partial charge in [-0.25, -0.2) is 0 Å². The number of fused-ring (bicyclic) bond motifs is 1. The number of allylic oxidation sites excluding steroid dienone is 1. The number of hydrogen-bond acceptors (Lipinski definition) is 6. The molecule has 0 bridgehead atoms. The quantitative estimate of drug-likeness (QED) is 0.361. The van der Waals surface area contributed by atoms with Crippen LogP contribution in [0.4, 0.5) is 30.2 Å². The molecule has 1 aliphatic heterocycles. The predicted molar refractivity (Wildman–Crippen MR) is 118 cm³/mol. The van der Waals surface area contributed by atoms with Crippen LogP contribution in [0.25, 0.3) is 5.57 Å². The van der Waals surface area contributed by atoms with E-state index in [-0.39, 0.29) is 11.2 Å². The van der Waals surface area contributed by atoms with E-state index in [1.165, 1.54) is 13.3 Å². The number of anilines is 2. The van der Waals surface area contributed by atoms with Crippen molar-refractivity contribution in [3.05, 3.63) is 63.2 Å². The second-order valence-corrected chi connectivity index (χ2v) is 8.01. The average Bonchev–Trinajstić information content (AvgIpc) is 2.70. The van der Waals surface area contributed by atoms with Gasteiger partial charge in [-0.2, -0.15) is 18.3 Å². The molecule has 2 aromatic carbocycles. The molecule has 1 N–H and O–H groups in total. The van der Waals surface area contributed by atoms with Crippen LogP contribution in [-0.2, 0) is 6.18 Å². The maximum Gasteiger partial charge on any atom is 0.416 e. The van der Waals surface area contributed by atoms with Crippen molar-refractivity contribution in [3.8, 4) is 5.75 Å². The Hall–Kier alpha value is -3.56. The van der Waals surface area contributed by atoms with Crippen LogP contribution < -0.4 is 15.1 Å². The lowest BCUT2D eigenvalue weighted by atomic mass is 9.88. The molecule has 0 aliphatic carbocycles. The first-order chi connectivity index (χ1) is 14.8. The molecule has 1 heterocycles. The van der Waals surface area contributed by atoms with E-state index in [0.717, 1.165) is 29.0 Å². The summed E-state index contributed by atoms with van der Waals surface area (Å²) in [6.07, 6.45) is -1.13. The third-order valence-corrected chi connectivity index (χ3v) is 5.48. The number of halogens is 3. The third kappa shape index (κ3) is 4.39. The number of hydrazone groups is 1. The van der Waals surface area contributed by atoms with Crippen LogP contribution >= 0.6 is 0 Å². The number of alkyl halides is 3. The van der Waals surface area contributed by atoms with Crippen LogP contribution in [0.15, 0.2) is 41.5 Å². The molecule has 3 rings (SSSR count). The van der Waals surface area contributed by atoms with Crippen molar-refractivity contribution in [3.63, 3.8) is 0 Å². The highest BCUT2D eigenvalue weighted by atomic mass is 19.4. The molecule has 1 aliphatic rings. The molecule has 2 aromatic rings. The number of ether oxygens (including phenoxy) is 1. The van der Waals surface area contributed by atoms with Gasteiger partial charge in [-0.1, -0.05) is 6.08 Å². The Morgan fingerprint density at radius 3 is 2.53 bits per heavy atom. The standard InChI is InChI=1S/C22H23F3N4O3/c1-13-11-21(2,3)28(4)18-10-20(32-5)14(8-16(13)18)12-26-27-17-7-6-15(22(23,24)25)9-19(17)29(30)31/h6-12,27H,1-5H3/b26-12+. The van der Waals surface area contributed by atoms with Crippen molar-refractivity contribution < 1.29 is 22.8 Å². The minimum absolute atomic E-state index is 0.159. The SMILES string of the molecule is COc1cc2c(cc1/C=N/Nc1ccc(C(F)(F)F)cc1[N+](=O)[O-])C(C)=CC(C)(C)N2C. The van der Waals surface area contributed by atoms with Gasteiger partial charge in [0.1, 0.15) is 11.4 Å². The zero-order chi connectivity index (χ0) is 23.8. The number of nitro benzene ring substituents is 1. The van der Waals surface area contributed by atoms with Crippen molar-refractivity contribution in [2.75, 3.05) is 24.5 Å². The molecular formula is C22H23F3N4O3. The summed E-state index contributed by atoms with van der Waals surface area (Å²) in [5.74, 6) is 0.536. The van der Waals surface area contributed by atoms with Gasteiger partial charge in [-0.05, 0) is 44.5 Å². The molecule has 0 radical (unpaired) electrons. The summed E-state index contributed by atoms with van der Waals surface area (Å²) in [4.78, 5) is 12.5. The van der Waals surface area contributed by atoms with Gasteiger partial charge in [0.05, 0.1) is 29.4 Å². The summed E-state index contributed by atoms with van der Waals surface area (Å²) in [6.45, 7) is 6.20. The molecule has 0 amide bonds. The van der Waals surface area contributed by atoms with Gasteiger partial charge in [0.15, 0.2) is 0 Å². The van der Waals surface area contributed by atoms with Crippen molar-refractivity contribution in [2.45, 2.75) is 32.5 Å². The Labute approximate surface area is 183 Å². The number of hydrogen-bond donors (Lipinski definition) is 1. The number of benzene rings is 2. The van der Waals surface area contributed by atoms with E-state index < -0.39 is 22.4 Å². The molecule has 0 saturated heterocycles. The molecule has 0 aromatic heterocycles. The van der Waals surface area contributed by atoms with Crippen LogP contribution in [0.2, 0.25) is 0 Å². The maximum atomic E-state index is 12.9. The molecule has 7 nitrogen and oxygen atoms in total. The molecular weight excluding hydrogens is 425 g/mol. The summed E-state index contributed by atoms with van der Waals surface area (Å²) in [7, 11) is 3.50. The highest BCUT2D eigenvalue weighted by Gasteiger charge is 2.33. The van der Waals surface area contributed by atoms with Crippen molar-refractivity contribution >= 4 is 28.8 Å². The first-order valence-corrected chi connectivity index (χ1v) is 9.65. The van der Waals surface area contributed by atoms with Gasteiger partial charge in [-0.3, -0.25) is 15.5 Å². The normalized spacial score (nSPS) is 15.4. The van der Waals surface area contributed by atoms with E-state index in [1.807, 2.05) is 26.1 Å². The Balaban J connectivity index is 1.94. The Morgan fingerprint density at radius 1 is 1.25 bits per heavy atom. The third-order valence-electron chi connectivity index (χ3n) is 5.48. The van der Waals surface area contributed by atoms with E-state index >= 15 is 0 Å². The maximum absolute atomic E-state index is 12.9. The summed E-state index contributed by atoms with van der Waals surface area (Å²) < 4.78 is 44.1. The van der Waals surface area contributed by atoms with Crippen molar-refractivity contribution in [1.82, 2.24) is 0 Å². The fraction of sp³-hybridized carbons (Fsp3) is 0.318. The van der Waals surface area contributed by atoms with Gasteiger partial charge < -0.3 is 9.64 Å². The first-order valence-electron chi connectivity index (χ1n) is 9.65. The van der Waals surface area contributed by atoms with E-state index in [2.05, 4.69) is 35.4 Å². The van der Waals surface area contributed by atoms with Gasteiger partial charge in [0.2, 0.25) is 0 Å². The lowest BCUT2D eigenvalue weighted by Crippen LogP contribution is -2.42. The fourth-order valence-electron chi connectivity index (χ4n) is 3.60. The second kappa shape index (κ2) is 8.18. The lowest BCUT2D eigenvalue weighted by Gasteiger charge is -2.40. The highest BCUT2D eigenvalue weighted by Crippen LogP contribution is 2.41. The molecule has 0 saturated carbocycles. The summed E-state index contributed by atoms with van der Waals surface area (Å²) in [5.41, 5.74) is 3.94. The van der Waals surface area contributed by atoms with Crippen LogP contribution in [-0.4, -0.2) is 30.8 Å². The average molecular weight is 448 g/mol. The first kappa shape index (κ1) is 23.1. The molecule has 32 heavy (non-hydrogen) atoms. The fourth-order valence-corrected chi connectivity index (χ4v) is 3.60. The van der Waals surface area contributed by atoms with Crippen molar-refractivity contribution in [2.24, 2.45) is 5.10 Å². The largest absolute Gasteiger partial charge is 0.496 e. The molecule has 0 unspecified atom stereocenters. The van der Waals surface area contributed by atoms with E-state index in [9.17, 15) is 23.3 Å². The second-order valence-electron chi connectivity index (χ2n) is 8.01. The number of rotatable bonds is 5. The monoisotopic (exact) mass is 448 g/mol. The Bertz CT molecular complexity index is 1120. The highest BCUT2D eigenvalue weighted by molar-refractivity contribution is 5.91. The smallest absolute Gasteiger partial charge is 0.416 e. The summed E-state index contributed by atoms with van der Waals surface area (Å²) in [5, 5.41) is 15.2. The molecule has 170 valence electrons. The minimum Gasteiger partial charge on any atom is -0.496 e. The topological polar surface area (TPSA) is 80.0 Å². The van der Waals surface area contributed by atoms with Crippen LogP contribution in [0.3, 0.4) is 0 Å². The number of likely N-dealkylation sites (N-methyl/N-ethyl adjacent to an activating group) is 1. The van der Waals surface area contributed by atoms with E-state index in [1.54, 1.807) is 0 Å². The molecule has 0 atom stereocenters. The summed E-state index contributed by atoms with van der Waals surface area (Å²) in [6, 6.07) is 5.99. The number of nitro groups is 1. The number of nitrogens with one attached hydrogen (secondary N) is 1. The van der Waals surface area contributed by atoms with Crippen LogP contribution in [0.5, 0.6) is 5.75 Å². The lowest BCUT2D eigenvalue weighted by molar-refractivity contribution is -0.384. The van der Waals surface area contributed by atoms with Gasteiger partial charge in [0, 0.05) is 36.0 Å². The van der Waals surface area contributed by atoms with Crippen LogP contribution in [0.1, 0.15) is 37.5 Å². The number of methoxy groups -OCH3 is 1. The molecule has 0 spiro atoms. The Morgan fingerprint density at radius 2 is 1.94 bits per heavy atom. The van der Waals surface area contributed by atoms with Crippen LogP contribution in [0, 0.1) is 10.1 Å².